The molecule has 2 N–H and O–H groups in total. The normalized spacial score (nSPS) is 11.7. The Morgan fingerprint density at radius 1 is 1.07 bits per heavy atom. The van der Waals surface area contributed by atoms with E-state index >= 15 is 0 Å². The molecule has 0 unspecified atom stereocenters. The molecule has 5 nitrogen and oxygen atoms in total. The lowest BCUT2D eigenvalue weighted by molar-refractivity contribution is -0.141. The number of aliphatic hydroxyl groups is 1. The summed E-state index contributed by atoms with van der Waals surface area (Å²) >= 11 is 0. The van der Waals surface area contributed by atoms with Crippen molar-refractivity contribution in [3.8, 4) is 0 Å². The van der Waals surface area contributed by atoms with Gasteiger partial charge in [-0.3, -0.25) is 9.59 Å². The molecule has 2 amide bonds. The van der Waals surface area contributed by atoms with E-state index in [0.29, 0.717) is 6.42 Å². The molecule has 6 heteroatoms. The van der Waals surface area contributed by atoms with Crippen LogP contribution in [-0.4, -0.2) is 41.0 Å². The number of benzene rings is 2. The Kier molecular flexibility index (Phi) is 7.95. The molecule has 0 aliphatic heterocycles. The number of amides is 2. The summed E-state index contributed by atoms with van der Waals surface area (Å²) in [5.74, 6) is -0.843. The van der Waals surface area contributed by atoms with E-state index in [4.69, 9.17) is 5.11 Å². The Hall–Kier alpha value is -2.73. The maximum atomic E-state index is 13.2. The molecular formula is C21H25FN2O3. The van der Waals surface area contributed by atoms with Gasteiger partial charge in [-0.2, -0.15) is 0 Å². The van der Waals surface area contributed by atoms with Gasteiger partial charge in [-0.1, -0.05) is 49.4 Å². The molecule has 0 aliphatic rings. The van der Waals surface area contributed by atoms with Crippen LogP contribution in [0.4, 0.5) is 4.39 Å². The first-order valence-electron chi connectivity index (χ1n) is 9.01. The molecule has 0 saturated carbocycles. The fourth-order valence-corrected chi connectivity index (χ4v) is 2.84. The monoisotopic (exact) mass is 372 g/mol. The molecule has 0 heterocycles. The minimum Gasteiger partial charge on any atom is -0.395 e. The van der Waals surface area contributed by atoms with Gasteiger partial charge in [-0.05, 0) is 23.3 Å². The van der Waals surface area contributed by atoms with Gasteiger partial charge in [0.15, 0.2) is 0 Å². The number of aliphatic hydroxyl groups excluding tert-OH is 1. The number of hydrogen-bond acceptors (Lipinski definition) is 3. The van der Waals surface area contributed by atoms with Crippen LogP contribution < -0.4 is 5.32 Å². The maximum Gasteiger partial charge on any atom is 0.243 e. The van der Waals surface area contributed by atoms with Crippen LogP contribution in [0, 0.1) is 5.82 Å². The molecular weight excluding hydrogens is 347 g/mol. The second kappa shape index (κ2) is 10.4. The van der Waals surface area contributed by atoms with E-state index in [9.17, 15) is 14.0 Å². The third kappa shape index (κ3) is 6.18. The van der Waals surface area contributed by atoms with Gasteiger partial charge in [0, 0.05) is 25.9 Å². The summed E-state index contributed by atoms with van der Waals surface area (Å²) in [4.78, 5) is 26.9. The Morgan fingerprint density at radius 2 is 1.74 bits per heavy atom. The highest BCUT2D eigenvalue weighted by molar-refractivity contribution is 5.87. The lowest BCUT2D eigenvalue weighted by atomic mass is 10.0. The van der Waals surface area contributed by atoms with Gasteiger partial charge in [-0.25, -0.2) is 4.39 Å². The molecule has 0 bridgehead atoms. The summed E-state index contributed by atoms with van der Waals surface area (Å²) in [6.45, 7) is 1.89. The zero-order valence-electron chi connectivity index (χ0n) is 15.4. The first-order chi connectivity index (χ1) is 13.0. The van der Waals surface area contributed by atoms with Crippen molar-refractivity contribution in [3.63, 3.8) is 0 Å². The predicted molar refractivity (Wildman–Crippen MR) is 101 cm³/mol. The Labute approximate surface area is 158 Å². The quantitative estimate of drug-likeness (QED) is 0.710. The van der Waals surface area contributed by atoms with Gasteiger partial charge < -0.3 is 15.3 Å². The van der Waals surface area contributed by atoms with Crippen LogP contribution in [0.2, 0.25) is 0 Å². The molecule has 0 aliphatic carbocycles. The molecule has 0 aromatic heterocycles. The fraction of sp³-hybridized carbons (Fsp3) is 0.333. The average Bonchev–Trinajstić information content (AvgIpc) is 2.70. The summed E-state index contributed by atoms with van der Waals surface area (Å²) in [5.41, 5.74) is 1.67. The van der Waals surface area contributed by atoms with Crippen LogP contribution in [0.15, 0.2) is 54.6 Å². The first-order valence-corrected chi connectivity index (χ1v) is 9.01. The lowest BCUT2D eigenvalue weighted by Crippen LogP contribution is -2.50. The minimum atomic E-state index is -0.726. The molecule has 2 aromatic rings. The summed E-state index contributed by atoms with van der Waals surface area (Å²) in [7, 11) is 0. The number of hydrogen-bond donors (Lipinski definition) is 2. The van der Waals surface area contributed by atoms with Crippen molar-refractivity contribution >= 4 is 11.8 Å². The van der Waals surface area contributed by atoms with Crippen molar-refractivity contribution in [2.75, 3.05) is 13.2 Å². The van der Waals surface area contributed by atoms with Crippen molar-refractivity contribution in [2.45, 2.75) is 32.4 Å². The van der Waals surface area contributed by atoms with Gasteiger partial charge in [0.05, 0.1) is 6.61 Å². The molecule has 144 valence electrons. The largest absolute Gasteiger partial charge is 0.395 e. The van der Waals surface area contributed by atoms with Crippen molar-refractivity contribution in [1.82, 2.24) is 10.2 Å². The third-order valence-corrected chi connectivity index (χ3v) is 4.25. The highest BCUT2D eigenvalue weighted by atomic mass is 19.1. The van der Waals surface area contributed by atoms with Crippen LogP contribution in [0.3, 0.4) is 0 Å². The minimum absolute atomic E-state index is 0.120. The molecule has 0 saturated heterocycles. The van der Waals surface area contributed by atoms with Gasteiger partial charge in [0.25, 0.3) is 0 Å². The SMILES string of the molecule is CCC(=O)N(Cc1ccc(F)cc1)[C@H](Cc1ccccc1)C(=O)NCCO. The second-order valence-electron chi connectivity index (χ2n) is 6.22. The average molecular weight is 372 g/mol. The third-order valence-electron chi connectivity index (χ3n) is 4.25. The number of carbonyl (C=O) groups is 2. The Morgan fingerprint density at radius 3 is 2.33 bits per heavy atom. The van der Waals surface area contributed by atoms with E-state index in [2.05, 4.69) is 5.32 Å². The van der Waals surface area contributed by atoms with Crippen LogP contribution in [0.1, 0.15) is 24.5 Å². The number of halogens is 1. The summed E-state index contributed by atoms with van der Waals surface area (Å²) in [6, 6.07) is 14.6. The molecule has 27 heavy (non-hydrogen) atoms. The van der Waals surface area contributed by atoms with Crippen molar-refractivity contribution < 1.29 is 19.1 Å². The Bertz CT molecular complexity index is 735. The van der Waals surface area contributed by atoms with Gasteiger partial charge in [-0.15, -0.1) is 0 Å². The second-order valence-corrected chi connectivity index (χ2v) is 6.22. The van der Waals surface area contributed by atoms with Crippen molar-refractivity contribution in [1.29, 1.82) is 0 Å². The van der Waals surface area contributed by atoms with E-state index in [0.717, 1.165) is 11.1 Å². The van der Waals surface area contributed by atoms with Crippen LogP contribution in [0.25, 0.3) is 0 Å². The van der Waals surface area contributed by atoms with E-state index in [1.165, 1.54) is 17.0 Å². The Balaban J connectivity index is 2.30. The topological polar surface area (TPSA) is 69.6 Å². The standard InChI is InChI=1S/C21H25FN2O3/c1-2-20(26)24(15-17-8-10-18(22)11-9-17)19(21(27)23-12-13-25)14-16-6-4-3-5-7-16/h3-11,19,25H,2,12-15H2,1H3,(H,23,27)/t19-/m1/s1. The lowest BCUT2D eigenvalue weighted by Gasteiger charge is -2.31. The van der Waals surface area contributed by atoms with E-state index in [1.807, 2.05) is 30.3 Å². The van der Waals surface area contributed by atoms with Gasteiger partial charge in [0.1, 0.15) is 11.9 Å². The van der Waals surface area contributed by atoms with E-state index < -0.39 is 6.04 Å². The summed E-state index contributed by atoms with van der Waals surface area (Å²) in [5, 5.41) is 11.7. The summed E-state index contributed by atoms with van der Waals surface area (Å²) < 4.78 is 13.2. The smallest absolute Gasteiger partial charge is 0.243 e. The number of carbonyl (C=O) groups excluding carboxylic acids is 2. The highest BCUT2D eigenvalue weighted by Crippen LogP contribution is 2.16. The predicted octanol–water partition coefficient (Wildman–Crippen LogP) is 2.28. The number of rotatable bonds is 9. The molecule has 1 atom stereocenters. The van der Waals surface area contributed by atoms with Crippen molar-refractivity contribution in [3.05, 3.63) is 71.5 Å². The maximum absolute atomic E-state index is 13.2. The molecule has 0 fully saturated rings. The van der Waals surface area contributed by atoms with Gasteiger partial charge >= 0.3 is 0 Å². The van der Waals surface area contributed by atoms with Crippen LogP contribution in [-0.2, 0) is 22.6 Å². The van der Waals surface area contributed by atoms with Crippen LogP contribution >= 0.6 is 0 Å². The summed E-state index contributed by atoms with van der Waals surface area (Å²) in [6.07, 6.45) is 0.602. The molecule has 2 aromatic carbocycles. The zero-order chi connectivity index (χ0) is 19.6. The first kappa shape index (κ1) is 20.6. The molecule has 2 rings (SSSR count). The van der Waals surface area contributed by atoms with Crippen LogP contribution in [0.5, 0.6) is 0 Å². The highest BCUT2D eigenvalue weighted by Gasteiger charge is 2.29. The van der Waals surface area contributed by atoms with Gasteiger partial charge in [0.2, 0.25) is 11.8 Å². The number of nitrogens with zero attached hydrogens (tertiary/aromatic N) is 1. The molecule has 0 spiro atoms. The van der Waals surface area contributed by atoms with E-state index in [-0.39, 0.29) is 43.7 Å². The molecule has 0 radical (unpaired) electrons. The van der Waals surface area contributed by atoms with Crippen molar-refractivity contribution in [2.24, 2.45) is 0 Å². The zero-order valence-corrected chi connectivity index (χ0v) is 15.4. The fourth-order valence-electron chi connectivity index (χ4n) is 2.84. The van der Waals surface area contributed by atoms with E-state index in [1.54, 1.807) is 19.1 Å². The number of nitrogens with one attached hydrogen (secondary N) is 1.